The third kappa shape index (κ3) is 4.14. The smallest absolute Gasteiger partial charge is 0.329 e. The van der Waals surface area contributed by atoms with Crippen molar-refractivity contribution in [2.24, 2.45) is 0 Å². The molecule has 3 amide bonds. The number of benzene rings is 2. The molecule has 0 spiro atoms. The molecule has 1 fully saturated rings. The summed E-state index contributed by atoms with van der Waals surface area (Å²) in [5, 5.41) is 3.94. The highest BCUT2D eigenvalue weighted by Gasteiger charge is 2.33. The summed E-state index contributed by atoms with van der Waals surface area (Å²) in [6.07, 6.45) is 1.53. The number of urea groups is 1. The van der Waals surface area contributed by atoms with Crippen LogP contribution in [0.4, 0.5) is 4.79 Å². The Morgan fingerprint density at radius 3 is 2.68 bits per heavy atom. The van der Waals surface area contributed by atoms with Crippen LogP contribution in [0, 0.1) is 0 Å². The van der Waals surface area contributed by atoms with E-state index in [1.165, 1.54) is 22.7 Å². The van der Waals surface area contributed by atoms with E-state index in [4.69, 9.17) is 4.42 Å². The lowest BCUT2D eigenvalue weighted by atomic mass is 10.2. The Morgan fingerprint density at radius 2 is 1.87 bits per heavy atom. The van der Waals surface area contributed by atoms with Gasteiger partial charge < -0.3 is 14.7 Å². The van der Waals surface area contributed by atoms with Gasteiger partial charge in [-0.15, -0.1) is 0 Å². The van der Waals surface area contributed by atoms with E-state index in [9.17, 15) is 9.59 Å². The van der Waals surface area contributed by atoms with Crippen molar-refractivity contribution in [1.29, 1.82) is 0 Å². The molecule has 1 aliphatic rings. The second-order valence-electron chi connectivity index (χ2n) is 6.82. The number of amides is 3. The predicted octanol–water partition coefficient (Wildman–Crippen LogP) is 5.16. The van der Waals surface area contributed by atoms with Crippen LogP contribution in [0.2, 0.25) is 0 Å². The molecule has 1 saturated heterocycles. The normalized spacial score (nSPS) is 15.3. The van der Waals surface area contributed by atoms with Crippen LogP contribution in [0.5, 0.6) is 0 Å². The summed E-state index contributed by atoms with van der Waals surface area (Å²) in [5.41, 5.74) is 2.86. The number of imide groups is 1. The van der Waals surface area contributed by atoms with E-state index >= 15 is 0 Å². The molecule has 3 heterocycles. The van der Waals surface area contributed by atoms with Crippen LogP contribution in [0.3, 0.4) is 0 Å². The van der Waals surface area contributed by atoms with Gasteiger partial charge in [0.25, 0.3) is 5.91 Å². The predicted molar refractivity (Wildman–Crippen MR) is 120 cm³/mol. The third-order valence-corrected chi connectivity index (χ3v) is 6.01. The van der Waals surface area contributed by atoms with E-state index < -0.39 is 11.9 Å². The molecule has 5 rings (SSSR count). The minimum Gasteiger partial charge on any atom is -0.450 e. The van der Waals surface area contributed by atoms with E-state index in [1.807, 2.05) is 48.5 Å². The molecule has 2 N–H and O–H groups in total. The fraction of sp³-hybridized carbons (Fsp3) is 0.0455. The minimum absolute atomic E-state index is 0.178. The number of aromatic nitrogens is 2. The van der Waals surface area contributed by atoms with Crippen LogP contribution >= 0.6 is 27.7 Å². The number of fused-ring (bicyclic) bond motifs is 1. The van der Waals surface area contributed by atoms with Gasteiger partial charge in [0.1, 0.15) is 11.5 Å². The van der Waals surface area contributed by atoms with Crippen LogP contribution < -0.4 is 5.32 Å². The standard InChI is InChI=1S/C22H15BrN4O3S/c23-14-7-5-13(6-8-14)12-27-20(28)18(26-22(27)29)11-15-9-10-19(30-15)31-21-24-16-3-1-2-4-17(16)25-21/h1-11H,12H2,(H,24,25)(H,26,29)/b18-11+. The number of hydrogen-bond acceptors (Lipinski definition) is 5. The molecule has 2 aromatic heterocycles. The number of carbonyl (C=O) groups excluding carboxylic acids is 2. The number of hydrogen-bond donors (Lipinski definition) is 2. The van der Waals surface area contributed by atoms with Gasteiger partial charge in [0, 0.05) is 10.5 Å². The molecule has 9 heteroatoms. The molecule has 0 bridgehead atoms. The Labute approximate surface area is 189 Å². The summed E-state index contributed by atoms with van der Waals surface area (Å²) in [6, 6.07) is 18.3. The monoisotopic (exact) mass is 494 g/mol. The van der Waals surface area contributed by atoms with Crippen molar-refractivity contribution in [3.63, 3.8) is 0 Å². The Hall–Kier alpha value is -3.30. The molecular weight excluding hydrogens is 480 g/mol. The first-order valence-corrected chi connectivity index (χ1v) is 11.0. The van der Waals surface area contributed by atoms with Gasteiger partial charge in [0.2, 0.25) is 0 Å². The molecule has 0 saturated carbocycles. The lowest BCUT2D eigenvalue weighted by Gasteiger charge is -2.11. The average Bonchev–Trinajstić information content (AvgIpc) is 3.44. The fourth-order valence-corrected chi connectivity index (χ4v) is 4.20. The van der Waals surface area contributed by atoms with Gasteiger partial charge in [0.05, 0.1) is 17.6 Å². The maximum Gasteiger partial charge on any atom is 0.329 e. The molecule has 2 aromatic carbocycles. The van der Waals surface area contributed by atoms with Crippen LogP contribution in [0.25, 0.3) is 17.1 Å². The number of aromatic amines is 1. The molecule has 1 aliphatic heterocycles. The SMILES string of the molecule is O=C1N/C(=C/c2ccc(Sc3nc4ccccc4[nH]3)o2)C(=O)N1Cc1ccc(Br)cc1. The number of nitrogens with zero attached hydrogens (tertiary/aromatic N) is 2. The number of nitrogens with one attached hydrogen (secondary N) is 2. The number of carbonyl (C=O) groups is 2. The van der Waals surface area contributed by atoms with Gasteiger partial charge in [-0.1, -0.05) is 40.2 Å². The van der Waals surface area contributed by atoms with Gasteiger partial charge in [-0.3, -0.25) is 9.69 Å². The minimum atomic E-state index is -0.456. The summed E-state index contributed by atoms with van der Waals surface area (Å²) in [7, 11) is 0. The summed E-state index contributed by atoms with van der Waals surface area (Å²) in [5.74, 6) is 0.0727. The molecule has 0 aliphatic carbocycles. The molecule has 7 nitrogen and oxygen atoms in total. The zero-order valence-corrected chi connectivity index (χ0v) is 18.4. The summed E-state index contributed by atoms with van der Waals surface area (Å²) >= 11 is 4.72. The summed E-state index contributed by atoms with van der Waals surface area (Å²) in [4.78, 5) is 33.9. The topological polar surface area (TPSA) is 91.2 Å². The molecule has 4 aromatic rings. The first-order chi connectivity index (χ1) is 15.0. The second-order valence-corrected chi connectivity index (χ2v) is 8.73. The van der Waals surface area contributed by atoms with E-state index in [0.717, 1.165) is 21.1 Å². The number of halogens is 1. The van der Waals surface area contributed by atoms with Crippen LogP contribution in [0.1, 0.15) is 11.3 Å². The van der Waals surface area contributed by atoms with Crippen molar-refractivity contribution in [2.75, 3.05) is 0 Å². The van der Waals surface area contributed by atoms with E-state index in [0.29, 0.717) is 16.0 Å². The maximum absolute atomic E-state index is 12.7. The van der Waals surface area contributed by atoms with Crippen molar-refractivity contribution < 1.29 is 14.0 Å². The maximum atomic E-state index is 12.7. The lowest BCUT2D eigenvalue weighted by molar-refractivity contribution is -0.123. The molecule has 0 atom stereocenters. The molecule has 154 valence electrons. The van der Waals surface area contributed by atoms with Gasteiger partial charge in [-0.25, -0.2) is 9.78 Å². The van der Waals surface area contributed by atoms with Gasteiger partial charge in [-0.05, 0) is 53.7 Å². The van der Waals surface area contributed by atoms with Crippen LogP contribution in [-0.4, -0.2) is 26.8 Å². The Morgan fingerprint density at radius 1 is 1.06 bits per heavy atom. The lowest BCUT2D eigenvalue weighted by Crippen LogP contribution is -2.30. The number of para-hydroxylation sites is 2. The zero-order valence-electron chi connectivity index (χ0n) is 16.0. The number of H-pyrrole nitrogens is 1. The molecule has 0 unspecified atom stereocenters. The number of rotatable bonds is 5. The van der Waals surface area contributed by atoms with E-state index in [-0.39, 0.29) is 12.2 Å². The van der Waals surface area contributed by atoms with Crippen molar-refractivity contribution in [3.8, 4) is 0 Å². The summed E-state index contributed by atoms with van der Waals surface area (Å²) in [6.45, 7) is 0.195. The first-order valence-electron chi connectivity index (χ1n) is 9.36. The van der Waals surface area contributed by atoms with Crippen molar-refractivity contribution in [1.82, 2.24) is 20.2 Å². The number of furan rings is 1. The highest BCUT2D eigenvalue weighted by Crippen LogP contribution is 2.29. The second kappa shape index (κ2) is 8.09. The quantitative estimate of drug-likeness (QED) is 0.295. The number of imidazole rings is 1. The van der Waals surface area contributed by atoms with Crippen LogP contribution in [-0.2, 0) is 11.3 Å². The highest BCUT2D eigenvalue weighted by atomic mass is 79.9. The van der Waals surface area contributed by atoms with Gasteiger partial charge in [-0.2, -0.15) is 0 Å². The fourth-order valence-electron chi connectivity index (χ4n) is 3.17. The molecule has 31 heavy (non-hydrogen) atoms. The zero-order chi connectivity index (χ0) is 21.4. The molecule has 0 radical (unpaired) electrons. The van der Waals surface area contributed by atoms with Gasteiger partial charge >= 0.3 is 6.03 Å². The first kappa shape index (κ1) is 19.7. The molecular formula is C22H15BrN4O3S. The highest BCUT2D eigenvalue weighted by molar-refractivity contribution is 9.10. The van der Waals surface area contributed by atoms with Crippen molar-refractivity contribution in [3.05, 3.63) is 82.2 Å². The third-order valence-electron chi connectivity index (χ3n) is 4.67. The van der Waals surface area contributed by atoms with Gasteiger partial charge in [0.15, 0.2) is 10.2 Å². The van der Waals surface area contributed by atoms with Crippen molar-refractivity contribution in [2.45, 2.75) is 16.8 Å². The Bertz CT molecular complexity index is 1290. The van der Waals surface area contributed by atoms with E-state index in [2.05, 4.69) is 31.2 Å². The summed E-state index contributed by atoms with van der Waals surface area (Å²) < 4.78 is 6.73. The van der Waals surface area contributed by atoms with Crippen molar-refractivity contribution >= 4 is 56.7 Å². The Kier molecular flexibility index (Phi) is 5.13. The van der Waals surface area contributed by atoms with Crippen LogP contribution in [0.15, 0.2) is 85.5 Å². The van der Waals surface area contributed by atoms with E-state index in [1.54, 1.807) is 12.1 Å². The largest absolute Gasteiger partial charge is 0.450 e. The average molecular weight is 495 g/mol. The Balaban J connectivity index is 1.30.